The second kappa shape index (κ2) is 12.6. The first-order valence-electron chi connectivity index (χ1n) is 18.5. The summed E-state index contributed by atoms with van der Waals surface area (Å²) in [6.45, 7) is 0. The standard InChI is InChI=1S/C51H31N3O/c1-2-10-32(11-3-1)37-15-8-16-38(28-37)39-26-27-46-45(30-39)48-43(18-9-19-47(48)55-46)51-53-49(40-24-20-33-12-4-5-14-36(33)29-40)52-50(54-51)41-25-23-35-22-21-34-13-6-7-17-42(34)44(35)31-41/h1-31H. The Kier molecular flexibility index (Phi) is 7.14. The Bertz CT molecular complexity index is 3270. The summed E-state index contributed by atoms with van der Waals surface area (Å²) < 4.78 is 6.49. The average molecular weight is 702 g/mol. The van der Waals surface area contributed by atoms with Gasteiger partial charge in [-0.05, 0) is 91.0 Å². The van der Waals surface area contributed by atoms with Crippen molar-refractivity contribution in [3.05, 3.63) is 188 Å². The largest absolute Gasteiger partial charge is 0.456 e. The molecule has 0 unspecified atom stereocenters. The molecule has 0 saturated heterocycles. The van der Waals surface area contributed by atoms with Gasteiger partial charge in [0.25, 0.3) is 0 Å². The van der Waals surface area contributed by atoms with Crippen LogP contribution in [-0.2, 0) is 0 Å². The topological polar surface area (TPSA) is 51.8 Å². The molecule has 9 aromatic carbocycles. The van der Waals surface area contributed by atoms with E-state index in [2.05, 4.69) is 170 Å². The van der Waals surface area contributed by atoms with Crippen LogP contribution < -0.4 is 0 Å². The highest BCUT2D eigenvalue weighted by Crippen LogP contribution is 2.39. The van der Waals surface area contributed by atoms with Crippen molar-refractivity contribution in [2.45, 2.75) is 0 Å². The zero-order valence-corrected chi connectivity index (χ0v) is 29.6. The SMILES string of the molecule is c1ccc(-c2cccc(-c3ccc4oc5cccc(-c6nc(-c7ccc8ccccc8c7)nc(-c7ccc8ccc9ccccc9c8c7)n6)c5c4c3)c2)cc1. The first-order chi connectivity index (χ1) is 27.2. The van der Waals surface area contributed by atoms with Gasteiger partial charge in [0.1, 0.15) is 11.2 Å². The molecular formula is C51H31N3O. The number of fused-ring (bicyclic) bond motifs is 7. The fourth-order valence-electron chi connectivity index (χ4n) is 7.93. The van der Waals surface area contributed by atoms with Crippen molar-refractivity contribution in [3.63, 3.8) is 0 Å². The van der Waals surface area contributed by atoms with Gasteiger partial charge in [-0.25, -0.2) is 15.0 Å². The number of nitrogens with zero attached hydrogens (tertiary/aromatic N) is 3. The van der Waals surface area contributed by atoms with Crippen LogP contribution in [0.4, 0.5) is 0 Å². The Morgan fingerprint density at radius 3 is 1.69 bits per heavy atom. The van der Waals surface area contributed by atoms with Crippen molar-refractivity contribution in [3.8, 4) is 56.4 Å². The van der Waals surface area contributed by atoms with Gasteiger partial charge in [-0.15, -0.1) is 0 Å². The fraction of sp³-hybridized carbons (Fsp3) is 0. The molecule has 0 radical (unpaired) electrons. The molecule has 0 spiro atoms. The third-order valence-corrected chi connectivity index (χ3v) is 10.7. The van der Waals surface area contributed by atoms with E-state index in [4.69, 9.17) is 19.4 Å². The lowest BCUT2D eigenvalue weighted by Crippen LogP contribution is -2.00. The van der Waals surface area contributed by atoms with Gasteiger partial charge >= 0.3 is 0 Å². The van der Waals surface area contributed by atoms with Crippen molar-refractivity contribution in [2.75, 3.05) is 0 Å². The van der Waals surface area contributed by atoms with Crippen LogP contribution in [0.1, 0.15) is 0 Å². The number of rotatable bonds is 5. The number of furan rings is 1. The molecule has 0 atom stereocenters. The molecule has 0 N–H and O–H groups in total. The predicted molar refractivity (Wildman–Crippen MR) is 227 cm³/mol. The molecule has 0 saturated carbocycles. The van der Waals surface area contributed by atoms with E-state index in [1.54, 1.807) is 0 Å². The van der Waals surface area contributed by atoms with Gasteiger partial charge < -0.3 is 4.42 Å². The molecule has 4 heteroatoms. The Balaban J connectivity index is 1.12. The van der Waals surface area contributed by atoms with Gasteiger partial charge in [0, 0.05) is 27.5 Å². The van der Waals surface area contributed by atoms with Crippen LogP contribution in [0.3, 0.4) is 0 Å². The predicted octanol–water partition coefficient (Wildman–Crippen LogP) is 13.6. The first kappa shape index (κ1) is 31.1. The van der Waals surface area contributed by atoms with Crippen molar-refractivity contribution < 1.29 is 4.42 Å². The maximum absolute atomic E-state index is 6.49. The van der Waals surface area contributed by atoms with Gasteiger partial charge in [0.15, 0.2) is 17.5 Å². The molecule has 55 heavy (non-hydrogen) atoms. The van der Waals surface area contributed by atoms with Crippen LogP contribution in [0.15, 0.2) is 192 Å². The highest BCUT2D eigenvalue weighted by atomic mass is 16.3. The molecule has 11 rings (SSSR count). The van der Waals surface area contributed by atoms with Gasteiger partial charge in [-0.1, -0.05) is 152 Å². The molecule has 0 fully saturated rings. The van der Waals surface area contributed by atoms with Crippen LogP contribution in [0.25, 0.3) is 111 Å². The molecule has 0 aliphatic heterocycles. The summed E-state index contributed by atoms with van der Waals surface area (Å²) >= 11 is 0. The Morgan fingerprint density at radius 2 is 0.855 bits per heavy atom. The van der Waals surface area contributed by atoms with Crippen LogP contribution in [0.2, 0.25) is 0 Å². The summed E-state index contributed by atoms with van der Waals surface area (Å²) in [4.78, 5) is 15.6. The Labute approximate surface area is 317 Å². The molecular weight excluding hydrogens is 671 g/mol. The van der Waals surface area contributed by atoms with E-state index in [-0.39, 0.29) is 0 Å². The second-order valence-corrected chi connectivity index (χ2v) is 14.0. The molecule has 2 heterocycles. The lowest BCUT2D eigenvalue weighted by molar-refractivity contribution is 0.669. The van der Waals surface area contributed by atoms with Gasteiger partial charge in [0.05, 0.1) is 0 Å². The van der Waals surface area contributed by atoms with Crippen molar-refractivity contribution in [2.24, 2.45) is 0 Å². The van der Waals surface area contributed by atoms with Crippen LogP contribution >= 0.6 is 0 Å². The van der Waals surface area contributed by atoms with Crippen LogP contribution in [0.5, 0.6) is 0 Å². The van der Waals surface area contributed by atoms with Crippen molar-refractivity contribution in [1.82, 2.24) is 15.0 Å². The quantitative estimate of drug-likeness (QED) is 0.168. The molecule has 0 bridgehead atoms. The number of hydrogen-bond acceptors (Lipinski definition) is 4. The molecule has 0 amide bonds. The van der Waals surface area contributed by atoms with Gasteiger partial charge in [-0.2, -0.15) is 0 Å². The van der Waals surface area contributed by atoms with E-state index in [1.165, 1.54) is 32.7 Å². The lowest BCUT2D eigenvalue weighted by atomic mass is 9.97. The average Bonchev–Trinajstić information content (AvgIpc) is 3.64. The van der Waals surface area contributed by atoms with E-state index in [0.717, 1.165) is 60.5 Å². The summed E-state index contributed by atoms with van der Waals surface area (Å²) in [5.74, 6) is 1.83. The molecule has 2 aromatic heterocycles. The van der Waals surface area contributed by atoms with E-state index in [0.29, 0.717) is 17.5 Å². The molecule has 4 nitrogen and oxygen atoms in total. The van der Waals surface area contributed by atoms with Crippen LogP contribution in [-0.4, -0.2) is 15.0 Å². The van der Waals surface area contributed by atoms with E-state index in [1.807, 2.05) is 18.2 Å². The summed E-state index contributed by atoms with van der Waals surface area (Å²) in [5.41, 5.74) is 8.97. The Hall–Kier alpha value is -7.43. The summed E-state index contributed by atoms with van der Waals surface area (Å²) in [6.07, 6.45) is 0. The minimum atomic E-state index is 0.593. The second-order valence-electron chi connectivity index (χ2n) is 14.0. The maximum atomic E-state index is 6.49. The number of hydrogen-bond donors (Lipinski definition) is 0. The maximum Gasteiger partial charge on any atom is 0.164 e. The zero-order valence-electron chi connectivity index (χ0n) is 29.6. The van der Waals surface area contributed by atoms with E-state index < -0.39 is 0 Å². The van der Waals surface area contributed by atoms with E-state index in [9.17, 15) is 0 Å². The normalized spacial score (nSPS) is 11.6. The summed E-state index contributed by atoms with van der Waals surface area (Å²) in [7, 11) is 0. The number of aromatic nitrogens is 3. The van der Waals surface area contributed by atoms with E-state index >= 15 is 0 Å². The third-order valence-electron chi connectivity index (χ3n) is 10.7. The lowest BCUT2D eigenvalue weighted by Gasteiger charge is -2.11. The molecule has 256 valence electrons. The van der Waals surface area contributed by atoms with Gasteiger partial charge in [0.2, 0.25) is 0 Å². The highest BCUT2D eigenvalue weighted by Gasteiger charge is 2.19. The summed E-state index contributed by atoms with van der Waals surface area (Å²) in [5, 5.41) is 9.03. The molecule has 0 aliphatic rings. The van der Waals surface area contributed by atoms with Crippen molar-refractivity contribution >= 4 is 54.3 Å². The summed E-state index contributed by atoms with van der Waals surface area (Å²) in [6, 6.07) is 65.9. The third kappa shape index (κ3) is 5.43. The minimum Gasteiger partial charge on any atom is -0.456 e. The first-order valence-corrected chi connectivity index (χ1v) is 18.5. The molecule has 0 aliphatic carbocycles. The van der Waals surface area contributed by atoms with Crippen LogP contribution in [0, 0.1) is 0 Å². The Morgan fingerprint density at radius 1 is 0.291 bits per heavy atom. The number of benzene rings is 9. The van der Waals surface area contributed by atoms with Crippen molar-refractivity contribution in [1.29, 1.82) is 0 Å². The fourth-order valence-corrected chi connectivity index (χ4v) is 7.93. The zero-order chi connectivity index (χ0) is 36.3. The smallest absolute Gasteiger partial charge is 0.164 e. The van der Waals surface area contributed by atoms with Gasteiger partial charge in [-0.3, -0.25) is 0 Å². The monoisotopic (exact) mass is 701 g/mol. The molecule has 11 aromatic rings. The highest BCUT2D eigenvalue weighted by molar-refractivity contribution is 6.13. The minimum absolute atomic E-state index is 0.593.